The van der Waals surface area contributed by atoms with Gasteiger partial charge >= 0.3 is 0 Å². The molecule has 0 heterocycles. The standard InChI is InChI=1S/C13H16FNO/c1-3-4-5-8-16-11-6-7-12(10(2)15)13(14)9-11/h6-7,9-10H,5,8,15H2,1-2H3/t10-/m0/s1. The molecule has 0 aromatic heterocycles. The first-order chi connectivity index (χ1) is 7.65. The zero-order chi connectivity index (χ0) is 12.0. The highest BCUT2D eigenvalue weighted by Crippen LogP contribution is 2.20. The van der Waals surface area contributed by atoms with Crippen molar-refractivity contribution in [2.24, 2.45) is 5.73 Å². The Morgan fingerprint density at radius 1 is 1.50 bits per heavy atom. The molecule has 0 spiro atoms. The Morgan fingerprint density at radius 2 is 2.25 bits per heavy atom. The van der Waals surface area contributed by atoms with Gasteiger partial charge in [0.2, 0.25) is 0 Å². The maximum absolute atomic E-state index is 13.5. The zero-order valence-electron chi connectivity index (χ0n) is 9.59. The number of ether oxygens (including phenoxy) is 1. The Labute approximate surface area is 95.6 Å². The fraction of sp³-hybridized carbons (Fsp3) is 0.385. The smallest absolute Gasteiger partial charge is 0.131 e. The predicted molar refractivity (Wildman–Crippen MR) is 62.6 cm³/mol. The summed E-state index contributed by atoms with van der Waals surface area (Å²) < 4.78 is 18.8. The molecule has 2 N–H and O–H groups in total. The van der Waals surface area contributed by atoms with Gasteiger partial charge in [-0.2, -0.15) is 0 Å². The van der Waals surface area contributed by atoms with E-state index in [9.17, 15) is 4.39 Å². The molecule has 86 valence electrons. The molecule has 1 atom stereocenters. The zero-order valence-corrected chi connectivity index (χ0v) is 9.59. The average Bonchev–Trinajstić information content (AvgIpc) is 2.24. The number of benzene rings is 1. The van der Waals surface area contributed by atoms with Gasteiger partial charge in [0.25, 0.3) is 0 Å². The lowest BCUT2D eigenvalue weighted by Crippen LogP contribution is -2.07. The van der Waals surface area contributed by atoms with Crippen molar-refractivity contribution in [3.63, 3.8) is 0 Å². The summed E-state index contributed by atoms with van der Waals surface area (Å²) in [5, 5.41) is 0. The molecule has 3 heteroatoms. The van der Waals surface area contributed by atoms with E-state index < -0.39 is 0 Å². The van der Waals surface area contributed by atoms with E-state index in [2.05, 4.69) is 11.8 Å². The van der Waals surface area contributed by atoms with Crippen LogP contribution in [0.5, 0.6) is 5.75 Å². The summed E-state index contributed by atoms with van der Waals surface area (Å²) in [5.41, 5.74) is 6.11. The molecule has 0 aliphatic heterocycles. The van der Waals surface area contributed by atoms with Crippen LogP contribution in [0.3, 0.4) is 0 Å². The van der Waals surface area contributed by atoms with E-state index in [4.69, 9.17) is 10.5 Å². The van der Waals surface area contributed by atoms with Crippen molar-refractivity contribution in [2.45, 2.75) is 26.3 Å². The quantitative estimate of drug-likeness (QED) is 0.626. The monoisotopic (exact) mass is 221 g/mol. The molecule has 0 unspecified atom stereocenters. The van der Waals surface area contributed by atoms with Crippen LogP contribution < -0.4 is 10.5 Å². The Hall–Kier alpha value is -1.53. The summed E-state index contributed by atoms with van der Waals surface area (Å²) in [7, 11) is 0. The molecule has 0 aliphatic carbocycles. The molecule has 1 rings (SSSR count). The van der Waals surface area contributed by atoms with Crippen molar-refractivity contribution in [3.05, 3.63) is 29.6 Å². The summed E-state index contributed by atoms with van der Waals surface area (Å²) in [4.78, 5) is 0. The van der Waals surface area contributed by atoms with Crippen LogP contribution >= 0.6 is 0 Å². The Morgan fingerprint density at radius 3 is 2.81 bits per heavy atom. The second kappa shape index (κ2) is 6.14. The molecule has 2 nitrogen and oxygen atoms in total. The molecule has 16 heavy (non-hydrogen) atoms. The van der Waals surface area contributed by atoms with E-state index in [0.29, 0.717) is 24.3 Å². The van der Waals surface area contributed by atoms with Crippen LogP contribution in [0.2, 0.25) is 0 Å². The van der Waals surface area contributed by atoms with Gasteiger partial charge in [0.1, 0.15) is 11.6 Å². The number of halogens is 1. The van der Waals surface area contributed by atoms with Crippen molar-refractivity contribution < 1.29 is 9.13 Å². The van der Waals surface area contributed by atoms with E-state index in [1.807, 2.05) is 0 Å². The minimum Gasteiger partial charge on any atom is -0.492 e. The van der Waals surface area contributed by atoms with Crippen molar-refractivity contribution in [3.8, 4) is 17.6 Å². The molecular formula is C13H16FNO. The van der Waals surface area contributed by atoms with Crippen LogP contribution in [-0.2, 0) is 0 Å². The average molecular weight is 221 g/mol. The first kappa shape index (κ1) is 12.5. The van der Waals surface area contributed by atoms with Crippen LogP contribution in [0.4, 0.5) is 4.39 Å². The van der Waals surface area contributed by atoms with E-state index in [-0.39, 0.29) is 11.9 Å². The third kappa shape index (κ3) is 3.56. The lowest BCUT2D eigenvalue weighted by molar-refractivity contribution is 0.325. The van der Waals surface area contributed by atoms with Crippen LogP contribution in [0, 0.1) is 17.7 Å². The third-order valence-electron chi connectivity index (χ3n) is 2.14. The largest absolute Gasteiger partial charge is 0.492 e. The first-order valence-corrected chi connectivity index (χ1v) is 5.22. The normalized spacial score (nSPS) is 11.5. The summed E-state index contributed by atoms with van der Waals surface area (Å²) in [5.74, 6) is 5.83. The second-order valence-electron chi connectivity index (χ2n) is 3.50. The SMILES string of the molecule is CC#CCCOc1ccc([C@H](C)N)c(F)c1. The molecule has 0 fully saturated rings. The van der Waals surface area contributed by atoms with Crippen LogP contribution in [-0.4, -0.2) is 6.61 Å². The van der Waals surface area contributed by atoms with Crippen molar-refractivity contribution in [1.29, 1.82) is 0 Å². The van der Waals surface area contributed by atoms with E-state index in [1.54, 1.807) is 26.0 Å². The van der Waals surface area contributed by atoms with Crippen LogP contribution in [0.15, 0.2) is 18.2 Å². The Kier molecular flexibility index (Phi) is 4.81. The van der Waals surface area contributed by atoms with Gasteiger partial charge in [0.15, 0.2) is 0 Å². The molecule has 0 amide bonds. The number of nitrogens with two attached hydrogens (primary N) is 1. The highest BCUT2D eigenvalue weighted by molar-refractivity contribution is 5.30. The van der Waals surface area contributed by atoms with Crippen LogP contribution in [0.25, 0.3) is 0 Å². The maximum Gasteiger partial charge on any atom is 0.131 e. The fourth-order valence-corrected chi connectivity index (χ4v) is 1.31. The van der Waals surface area contributed by atoms with Gasteiger partial charge in [0.05, 0.1) is 6.61 Å². The van der Waals surface area contributed by atoms with Crippen molar-refractivity contribution >= 4 is 0 Å². The lowest BCUT2D eigenvalue weighted by Gasteiger charge is -2.09. The molecule has 1 aromatic carbocycles. The predicted octanol–water partition coefficient (Wildman–Crippen LogP) is 2.64. The highest BCUT2D eigenvalue weighted by Gasteiger charge is 2.07. The summed E-state index contributed by atoms with van der Waals surface area (Å²) in [6, 6.07) is 4.43. The molecule has 0 radical (unpaired) electrons. The summed E-state index contributed by atoms with van der Waals surface area (Å²) in [6.07, 6.45) is 0.646. The van der Waals surface area contributed by atoms with E-state index in [1.165, 1.54) is 6.07 Å². The third-order valence-corrected chi connectivity index (χ3v) is 2.14. The van der Waals surface area contributed by atoms with E-state index >= 15 is 0 Å². The van der Waals surface area contributed by atoms with Gasteiger partial charge < -0.3 is 10.5 Å². The Balaban J connectivity index is 2.61. The molecule has 1 aromatic rings. The molecule has 0 saturated carbocycles. The number of hydrogen-bond donors (Lipinski definition) is 1. The summed E-state index contributed by atoms with van der Waals surface area (Å²) in [6.45, 7) is 3.99. The van der Waals surface area contributed by atoms with Crippen molar-refractivity contribution in [1.82, 2.24) is 0 Å². The van der Waals surface area contributed by atoms with E-state index in [0.717, 1.165) is 0 Å². The lowest BCUT2D eigenvalue weighted by atomic mass is 10.1. The minimum atomic E-state index is -0.325. The fourth-order valence-electron chi connectivity index (χ4n) is 1.31. The molecule has 0 bridgehead atoms. The van der Waals surface area contributed by atoms with Gasteiger partial charge in [-0.25, -0.2) is 4.39 Å². The first-order valence-electron chi connectivity index (χ1n) is 5.22. The van der Waals surface area contributed by atoms with Gasteiger partial charge in [-0.1, -0.05) is 6.07 Å². The molecular weight excluding hydrogens is 205 g/mol. The van der Waals surface area contributed by atoms with Gasteiger partial charge in [0, 0.05) is 24.1 Å². The molecule has 0 aliphatic rings. The number of hydrogen-bond acceptors (Lipinski definition) is 2. The summed E-state index contributed by atoms with van der Waals surface area (Å²) >= 11 is 0. The van der Waals surface area contributed by atoms with Crippen LogP contribution in [0.1, 0.15) is 31.9 Å². The van der Waals surface area contributed by atoms with Gasteiger partial charge in [-0.15, -0.1) is 11.8 Å². The van der Waals surface area contributed by atoms with Gasteiger partial charge in [-0.05, 0) is 19.9 Å². The topological polar surface area (TPSA) is 35.2 Å². The second-order valence-corrected chi connectivity index (χ2v) is 3.50. The minimum absolute atomic E-state index is 0.306. The maximum atomic E-state index is 13.5. The van der Waals surface area contributed by atoms with Crippen molar-refractivity contribution in [2.75, 3.05) is 6.61 Å². The highest BCUT2D eigenvalue weighted by atomic mass is 19.1. The molecule has 0 saturated heterocycles. The number of rotatable bonds is 4. The van der Waals surface area contributed by atoms with Gasteiger partial charge in [-0.3, -0.25) is 0 Å². The Bertz CT molecular complexity index is 404.